The van der Waals surface area contributed by atoms with E-state index in [9.17, 15) is 4.79 Å². The van der Waals surface area contributed by atoms with Crippen molar-refractivity contribution in [2.45, 2.75) is 24.1 Å². The Labute approximate surface area is 110 Å². The molecule has 0 saturated carbocycles. The van der Waals surface area contributed by atoms with Gasteiger partial charge in [0.05, 0.1) is 0 Å². The normalized spacial score (nSPS) is 28.0. The summed E-state index contributed by atoms with van der Waals surface area (Å²) in [5, 5.41) is 4.08. The number of hydrogen-bond acceptors (Lipinski definition) is 3. The number of thioether (sulfide) groups is 1. The molecule has 1 saturated heterocycles. The highest BCUT2D eigenvalue weighted by molar-refractivity contribution is 8.00. The smallest absolute Gasteiger partial charge is 0.244 e. The predicted octanol–water partition coefficient (Wildman–Crippen LogP) is 2.50. The number of hydrogen-bond donors (Lipinski definition) is 2. The standard InChI is InChI=1S/C12H15ClN2OS/c1-8-12(11(14)16,5-6-17-8)15-10-4-2-3-9(13)7-10/h2-4,7-8,15H,5-6H2,1H3,(H2,14,16). The summed E-state index contributed by atoms with van der Waals surface area (Å²) in [4.78, 5) is 11.7. The lowest BCUT2D eigenvalue weighted by Crippen LogP contribution is -2.54. The van der Waals surface area contributed by atoms with E-state index in [1.807, 2.05) is 25.1 Å². The van der Waals surface area contributed by atoms with Gasteiger partial charge in [-0.3, -0.25) is 4.79 Å². The molecule has 3 N–H and O–H groups in total. The molecular weight excluding hydrogens is 256 g/mol. The van der Waals surface area contributed by atoms with Gasteiger partial charge in [0, 0.05) is 16.0 Å². The highest BCUT2D eigenvalue weighted by Crippen LogP contribution is 2.38. The van der Waals surface area contributed by atoms with Gasteiger partial charge in [-0.05, 0) is 30.4 Å². The number of primary amides is 1. The molecule has 3 nitrogen and oxygen atoms in total. The summed E-state index contributed by atoms with van der Waals surface area (Å²) in [6, 6.07) is 7.36. The van der Waals surface area contributed by atoms with E-state index in [4.69, 9.17) is 17.3 Å². The molecule has 1 aromatic carbocycles. The molecule has 2 atom stereocenters. The zero-order valence-corrected chi connectivity index (χ0v) is 11.1. The van der Waals surface area contributed by atoms with Gasteiger partial charge >= 0.3 is 0 Å². The minimum atomic E-state index is -0.657. The molecule has 17 heavy (non-hydrogen) atoms. The van der Waals surface area contributed by atoms with Crippen LogP contribution in [0.25, 0.3) is 0 Å². The first-order valence-corrected chi connectivity index (χ1v) is 6.92. The lowest BCUT2D eigenvalue weighted by Gasteiger charge is -2.31. The van der Waals surface area contributed by atoms with Gasteiger partial charge in [0.2, 0.25) is 5.91 Å². The molecule has 2 rings (SSSR count). The van der Waals surface area contributed by atoms with Crippen LogP contribution in [0.5, 0.6) is 0 Å². The maximum absolute atomic E-state index is 11.7. The number of rotatable bonds is 3. The molecule has 0 aromatic heterocycles. The Balaban J connectivity index is 2.28. The molecule has 2 unspecified atom stereocenters. The van der Waals surface area contributed by atoms with Crippen molar-refractivity contribution in [1.82, 2.24) is 0 Å². The monoisotopic (exact) mass is 270 g/mol. The Kier molecular flexibility index (Phi) is 3.54. The molecular formula is C12H15ClN2OS. The lowest BCUT2D eigenvalue weighted by atomic mass is 9.91. The van der Waals surface area contributed by atoms with E-state index in [-0.39, 0.29) is 11.2 Å². The molecule has 5 heteroatoms. The highest BCUT2D eigenvalue weighted by atomic mass is 35.5. The van der Waals surface area contributed by atoms with E-state index >= 15 is 0 Å². The fourth-order valence-electron chi connectivity index (χ4n) is 2.12. The number of anilines is 1. The molecule has 1 aromatic rings. The van der Waals surface area contributed by atoms with Crippen molar-refractivity contribution < 1.29 is 4.79 Å². The van der Waals surface area contributed by atoms with Crippen molar-refractivity contribution in [3.8, 4) is 0 Å². The minimum absolute atomic E-state index is 0.166. The van der Waals surface area contributed by atoms with Crippen LogP contribution in [-0.4, -0.2) is 22.4 Å². The average Bonchev–Trinajstić information content (AvgIpc) is 2.61. The molecule has 92 valence electrons. The van der Waals surface area contributed by atoms with Crippen LogP contribution in [0.2, 0.25) is 5.02 Å². The van der Waals surface area contributed by atoms with Crippen LogP contribution in [0, 0.1) is 0 Å². The van der Waals surface area contributed by atoms with Gasteiger partial charge in [-0.2, -0.15) is 11.8 Å². The average molecular weight is 271 g/mol. The van der Waals surface area contributed by atoms with Gasteiger partial charge in [0.1, 0.15) is 5.54 Å². The summed E-state index contributed by atoms with van der Waals surface area (Å²) in [5.41, 5.74) is 5.74. The summed E-state index contributed by atoms with van der Waals surface area (Å²) in [6.45, 7) is 2.03. The first-order chi connectivity index (χ1) is 8.04. The molecule has 0 radical (unpaired) electrons. The maximum Gasteiger partial charge on any atom is 0.244 e. The third-order valence-electron chi connectivity index (χ3n) is 3.19. The summed E-state index contributed by atoms with van der Waals surface area (Å²) in [6.07, 6.45) is 0.751. The van der Waals surface area contributed by atoms with Gasteiger partial charge in [-0.25, -0.2) is 0 Å². The Morgan fingerprint density at radius 2 is 2.41 bits per heavy atom. The molecule has 1 amide bonds. The largest absolute Gasteiger partial charge is 0.370 e. The molecule has 0 spiro atoms. The number of amides is 1. The van der Waals surface area contributed by atoms with Crippen molar-refractivity contribution in [1.29, 1.82) is 0 Å². The third-order valence-corrected chi connectivity index (χ3v) is 4.77. The minimum Gasteiger partial charge on any atom is -0.370 e. The summed E-state index contributed by atoms with van der Waals surface area (Å²) in [5.74, 6) is 0.646. The number of carbonyl (C=O) groups is 1. The van der Waals surface area contributed by atoms with Crippen molar-refractivity contribution in [2.75, 3.05) is 11.1 Å². The van der Waals surface area contributed by atoms with E-state index in [1.165, 1.54) is 0 Å². The summed E-state index contributed by atoms with van der Waals surface area (Å²) < 4.78 is 0. The van der Waals surface area contributed by atoms with Gasteiger partial charge in [-0.15, -0.1) is 0 Å². The first kappa shape index (κ1) is 12.6. The Morgan fingerprint density at radius 3 is 2.94 bits per heavy atom. The fraction of sp³-hybridized carbons (Fsp3) is 0.417. The second-order valence-corrected chi connectivity index (χ2v) is 6.12. The SMILES string of the molecule is CC1SCCC1(Nc1cccc(Cl)c1)C(N)=O. The molecule has 1 aliphatic rings. The predicted molar refractivity (Wildman–Crippen MR) is 73.5 cm³/mol. The second-order valence-electron chi connectivity index (χ2n) is 4.23. The lowest BCUT2D eigenvalue weighted by molar-refractivity contribution is -0.122. The molecule has 1 fully saturated rings. The van der Waals surface area contributed by atoms with Gasteiger partial charge in [-0.1, -0.05) is 24.6 Å². The second kappa shape index (κ2) is 4.78. The number of nitrogens with two attached hydrogens (primary N) is 1. The van der Waals surface area contributed by atoms with Crippen LogP contribution < -0.4 is 11.1 Å². The van der Waals surface area contributed by atoms with E-state index in [2.05, 4.69) is 5.32 Å². The topological polar surface area (TPSA) is 55.1 Å². The van der Waals surface area contributed by atoms with E-state index in [0.29, 0.717) is 5.02 Å². The van der Waals surface area contributed by atoms with E-state index < -0.39 is 5.54 Å². The fourth-order valence-corrected chi connectivity index (χ4v) is 3.68. The van der Waals surface area contributed by atoms with Crippen LogP contribution in [-0.2, 0) is 4.79 Å². The Morgan fingerprint density at radius 1 is 1.65 bits per heavy atom. The molecule has 0 bridgehead atoms. The van der Waals surface area contributed by atoms with Crippen LogP contribution in [0.3, 0.4) is 0 Å². The number of halogens is 1. The van der Waals surface area contributed by atoms with E-state index in [0.717, 1.165) is 17.9 Å². The Bertz CT molecular complexity index is 440. The number of nitrogens with one attached hydrogen (secondary N) is 1. The van der Waals surface area contributed by atoms with Crippen molar-refractivity contribution in [2.24, 2.45) is 5.73 Å². The van der Waals surface area contributed by atoms with Crippen LogP contribution in [0.1, 0.15) is 13.3 Å². The van der Waals surface area contributed by atoms with Gasteiger partial charge in [0.25, 0.3) is 0 Å². The van der Waals surface area contributed by atoms with Crippen LogP contribution in [0.15, 0.2) is 24.3 Å². The molecule has 1 heterocycles. The van der Waals surface area contributed by atoms with Crippen LogP contribution >= 0.6 is 23.4 Å². The van der Waals surface area contributed by atoms with Gasteiger partial charge in [0.15, 0.2) is 0 Å². The van der Waals surface area contributed by atoms with Crippen LogP contribution in [0.4, 0.5) is 5.69 Å². The summed E-state index contributed by atoms with van der Waals surface area (Å²) in [7, 11) is 0. The zero-order valence-electron chi connectivity index (χ0n) is 9.57. The van der Waals surface area contributed by atoms with E-state index in [1.54, 1.807) is 17.8 Å². The van der Waals surface area contributed by atoms with Crippen molar-refractivity contribution >= 4 is 35.0 Å². The quantitative estimate of drug-likeness (QED) is 0.887. The maximum atomic E-state index is 11.7. The van der Waals surface area contributed by atoms with Crippen molar-refractivity contribution in [3.05, 3.63) is 29.3 Å². The third kappa shape index (κ3) is 2.38. The zero-order chi connectivity index (χ0) is 12.5. The Hall–Kier alpha value is -0.870. The molecule has 1 aliphatic heterocycles. The number of benzene rings is 1. The van der Waals surface area contributed by atoms with Gasteiger partial charge < -0.3 is 11.1 Å². The molecule has 0 aliphatic carbocycles. The number of carbonyl (C=O) groups excluding carboxylic acids is 1. The highest BCUT2D eigenvalue weighted by Gasteiger charge is 2.46. The first-order valence-electron chi connectivity index (χ1n) is 5.50. The van der Waals surface area contributed by atoms with Crippen molar-refractivity contribution in [3.63, 3.8) is 0 Å². The summed E-state index contributed by atoms with van der Waals surface area (Å²) >= 11 is 7.69.